The highest BCUT2D eigenvalue weighted by Crippen LogP contribution is 2.23. The maximum absolute atomic E-state index is 11.9. The fraction of sp³-hybridized carbons (Fsp3) is 0.471. The zero-order chi connectivity index (χ0) is 13.7. The summed E-state index contributed by atoms with van der Waals surface area (Å²) >= 11 is 0. The second-order valence-corrected chi connectivity index (χ2v) is 5.57. The Hall–Kier alpha value is -1.57. The van der Waals surface area contributed by atoms with E-state index < -0.39 is 0 Å². The predicted molar refractivity (Wildman–Crippen MR) is 79.8 cm³/mol. The van der Waals surface area contributed by atoms with Gasteiger partial charge in [-0.1, -0.05) is 44.0 Å². The number of rotatable bonds is 3. The second-order valence-electron chi connectivity index (χ2n) is 5.57. The van der Waals surface area contributed by atoms with Crippen molar-refractivity contribution in [3.8, 4) is 0 Å². The van der Waals surface area contributed by atoms with Gasteiger partial charge in [0.05, 0.1) is 0 Å². The Labute approximate surface area is 115 Å². The van der Waals surface area contributed by atoms with Crippen molar-refractivity contribution >= 4 is 12.0 Å². The smallest absolute Gasteiger partial charge is 0.244 e. The van der Waals surface area contributed by atoms with Gasteiger partial charge < -0.3 is 5.32 Å². The van der Waals surface area contributed by atoms with Crippen LogP contribution in [0.4, 0.5) is 0 Å². The lowest BCUT2D eigenvalue weighted by atomic mass is 9.86. The molecule has 1 amide bonds. The maximum Gasteiger partial charge on any atom is 0.244 e. The van der Waals surface area contributed by atoms with Gasteiger partial charge in [-0.3, -0.25) is 4.79 Å². The van der Waals surface area contributed by atoms with Gasteiger partial charge in [0, 0.05) is 12.1 Å². The Kier molecular flexibility index (Phi) is 4.78. The average molecular weight is 257 g/mol. The topological polar surface area (TPSA) is 29.1 Å². The minimum Gasteiger partial charge on any atom is -0.350 e. The van der Waals surface area contributed by atoms with Crippen LogP contribution in [0, 0.1) is 12.8 Å². The minimum absolute atomic E-state index is 0.0296. The number of hydrogen-bond acceptors (Lipinski definition) is 1. The van der Waals surface area contributed by atoms with Gasteiger partial charge in [0.2, 0.25) is 5.91 Å². The highest BCUT2D eigenvalue weighted by atomic mass is 16.1. The van der Waals surface area contributed by atoms with Crippen molar-refractivity contribution in [1.82, 2.24) is 5.32 Å². The minimum atomic E-state index is 0.0296. The molecule has 0 heterocycles. The molecule has 2 heteroatoms. The van der Waals surface area contributed by atoms with E-state index in [4.69, 9.17) is 0 Å². The van der Waals surface area contributed by atoms with Crippen LogP contribution in [0.3, 0.4) is 0 Å². The molecule has 0 saturated heterocycles. The predicted octanol–water partition coefficient (Wildman–Crippen LogP) is 3.70. The first-order valence-corrected chi connectivity index (χ1v) is 7.21. The number of aryl methyl sites for hydroxylation is 1. The summed E-state index contributed by atoms with van der Waals surface area (Å²) in [5, 5.41) is 3.13. The molecule has 0 aliphatic heterocycles. The molecule has 102 valence electrons. The molecular weight excluding hydrogens is 234 g/mol. The van der Waals surface area contributed by atoms with Crippen molar-refractivity contribution in [1.29, 1.82) is 0 Å². The van der Waals surface area contributed by atoms with Crippen molar-refractivity contribution in [2.24, 2.45) is 5.92 Å². The highest BCUT2D eigenvalue weighted by Gasteiger charge is 2.21. The second kappa shape index (κ2) is 6.55. The monoisotopic (exact) mass is 257 g/mol. The van der Waals surface area contributed by atoms with Gasteiger partial charge in [-0.2, -0.15) is 0 Å². The van der Waals surface area contributed by atoms with E-state index >= 15 is 0 Å². The van der Waals surface area contributed by atoms with Crippen molar-refractivity contribution in [3.63, 3.8) is 0 Å². The molecule has 19 heavy (non-hydrogen) atoms. The molecule has 0 aromatic heterocycles. The quantitative estimate of drug-likeness (QED) is 0.822. The van der Waals surface area contributed by atoms with Gasteiger partial charge in [-0.15, -0.1) is 0 Å². The van der Waals surface area contributed by atoms with Crippen LogP contribution in [0.2, 0.25) is 0 Å². The van der Waals surface area contributed by atoms with Crippen LogP contribution in [0.25, 0.3) is 6.08 Å². The van der Waals surface area contributed by atoms with E-state index in [1.165, 1.54) is 24.8 Å². The summed E-state index contributed by atoms with van der Waals surface area (Å²) < 4.78 is 0. The normalized spacial score (nSPS) is 23.5. The molecule has 1 saturated carbocycles. The molecule has 2 rings (SSSR count). The number of nitrogens with one attached hydrogen (secondary N) is 1. The van der Waals surface area contributed by atoms with Crippen LogP contribution in [0.5, 0.6) is 0 Å². The third kappa shape index (κ3) is 3.95. The van der Waals surface area contributed by atoms with E-state index in [0.717, 1.165) is 12.0 Å². The lowest BCUT2D eigenvalue weighted by Crippen LogP contribution is -2.40. The first-order chi connectivity index (χ1) is 9.16. The van der Waals surface area contributed by atoms with E-state index in [1.54, 1.807) is 6.08 Å². The summed E-state index contributed by atoms with van der Waals surface area (Å²) in [7, 11) is 0. The molecule has 1 aliphatic rings. The SMILES string of the molecule is Cc1ccccc1/C=C/C(=O)N[C@@H]1CCCC[C@H]1C. The summed E-state index contributed by atoms with van der Waals surface area (Å²) in [5.41, 5.74) is 2.30. The molecule has 1 aliphatic carbocycles. The summed E-state index contributed by atoms with van der Waals surface area (Å²) in [4.78, 5) is 11.9. The largest absolute Gasteiger partial charge is 0.350 e. The van der Waals surface area contributed by atoms with Gasteiger partial charge in [0.1, 0.15) is 0 Å². The first-order valence-electron chi connectivity index (χ1n) is 7.21. The van der Waals surface area contributed by atoms with E-state index in [2.05, 4.69) is 25.2 Å². The van der Waals surface area contributed by atoms with E-state index in [-0.39, 0.29) is 5.91 Å². The van der Waals surface area contributed by atoms with Gasteiger partial charge in [-0.05, 0) is 42.9 Å². The molecule has 1 aromatic carbocycles. The Bertz CT molecular complexity index is 464. The van der Waals surface area contributed by atoms with Crippen LogP contribution >= 0.6 is 0 Å². The third-order valence-electron chi connectivity index (χ3n) is 4.04. The standard InChI is InChI=1S/C17H23NO/c1-13-7-3-5-9-15(13)11-12-17(19)18-16-10-6-4-8-14(16)2/h3,5,7,9,11-12,14,16H,4,6,8,10H2,1-2H3,(H,18,19)/b12-11+/t14-,16-/m1/s1. The molecule has 1 aromatic rings. The lowest BCUT2D eigenvalue weighted by Gasteiger charge is -2.29. The number of carbonyl (C=O) groups excluding carboxylic acids is 1. The van der Waals surface area contributed by atoms with Gasteiger partial charge in [0.25, 0.3) is 0 Å². The number of benzene rings is 1. The van der Waals surface area contributed by atoms with Crippen LogP contribution in [-0.2, 0) is 4.79 Å². The average Bonchev–Trinajstić information content (AvgIpc) is 2.40. The van der Waals surface area contributed by atoms with Crippen LogP contribution in [-0.4, -0.2) is 11.9 Å². The van der Waals surface area contributed by atoms with E-state index in [1.807, 2.05) is 24.3 Å². The molecule has 0 radical (unpaired) electrons. The van der Waals surface area contributed by atoms with Crippen molar-refractivity contribution < 1.29 is 4.79 Å². The molecule has 0 bridgehead atoms. The number of carbonyl (C=O) groups is 1. The lowest BCUT2D eigenvalue weighted by molar-refractivity contribution is -0.117. The van der Waals surface area contributed by atoms with Gasteiger partial charge in [0.15, 0.2) is 0 Å². The molecule has 0 unspecified atom stereocenters. The molecule has 2 nitrogen and oxygen atoms in total. The molecule has 1 fully saturated rings. The number of hydrogen-bond donors (Lipinski definition) is 1. The zero-order valence-corrected chi connectivity index (χ0v) is 11.9. The summed E-state index contributed by atoms with van der Waals surface area (Å²) in [5.74, 6) is 0.631. The van der Waals surface area contributed by atoms with Crippen LogP contribution < -0.4 is 5.32 Å². The van der Waals surface area contributed by atoms with Crippen molar-refractivity contribution in [2.75, 3.05) is 0 Å². The Morgan fingerprint density at radius 2 is 2.00 bits per heavy atom. The summed E-state index contributed by atoms with van der Waals surface area (Å²) in [6, 6.07) is 8.44. The van der Waals surface area contributed by atoms with Crippen molar-refractivity contribution in [2.45, 2.75) is 45.6 Å². The molecule has 2 atom stereocenters. The van der Waals surface area contributed by atoms with Crippen molar-refractivity contribution in [3.05, 3.63) is 41.5 Å². The Morgan fingerprint density at radius 1 is 1.26 bits per heavy atom. The maximum atomic E-state index is 11.9. The highest BCUT2D eigenvalue weighted by molar-refractivity contribution is 5.92. The molecule has 1 N–H and O–H groups in total. The van der Waals surface area contributed by atoms with E-state index in [0.29, 0.717) is 12.0 Å². The summed E-state index contributed by atoms with van der Waals surface area (Å²) in [6.45, 7) is 4.29. The summed E-state index contributed by atoms with van der Waals surface area (Å²) in [6.07, 6.45) is 8.43. The van der Waals surface area contributed by atoms with E-state index in [9.17, 15) is 4.79 Å². The van der Waals surface area contributed by atoms with Gasteiger partial charge in [-0.25, -0.2) is 0 Å². The third-order valence-corrected chi connectivity index (χ3v) is 4.04. The van der Waals surface area contributed by atoms with Gasteiger partial charge >= 0.3 is 0 Å². The number of amides is 1. The van der Waals surface area contributed by atoms with Crippen LogP contribution in [0.15, 0.2) is 30.3 Å². The first kappa shape index (κ1) is 13.9. The fourth-order valence-electron chi connectivity index (χ4n) is 2.70. The molecule has 0 spiro atoms. The van der Waals surface area contributed by atoms with Crippen LogP contribution in [0.1, 0.15) is 43.7 Å². The molecular formula is C17H23NO. The Morgan fingerprint density at radius 3 is 2.74 bits per heavy atom. The Balaban J connectivity index is 1.92. The zero-order valence-electron chi connectivity index (χ0n) is 11.9. The fourth-order valence-corrected chi connectivity index (χ4v) is 2.70.